The molecule has 2 rings (SSSR count). The Bertz CT molecular complexity index is 512. The third-order valence-corrected chi connectivity index (χ3v) is 3.15. The average molecular weight is 222 g/mol. The summed E-state index contributed by atoms with van der Waals surface area (Å²) in [6, 6.07) is 15.2. The lowest BCUT2D eigenvalue weighted by Gasteiger charge is -2.14. The van der Waals surface area contributed by atoms with Gasteiger partial charge in [0.2, 0.25) is 0 Å². The minimum Gasteiger partial charge on any atom is -0.103 e. The van der Waals surface area contributed by atoms with Crippen LogP contribution in [0.4, 0.5) is 0 Å². The molecule has 86 valence electrons. The van der Waals surface area contributed by atoms with Crippen LogP contribution in [-0.4, -0.2) is 0 Å². The van der Waals surface area contributed by atoms with Gasteiger partial charge in [-0.1, -0.05) is 54.6 Å². The fourth-order valence-corrected chi connectivity index (χ4v) is 2.23. The van der Waals surface area contributed by atoms with Crippen LogP contribution in [0, 0.1) is 0 Å². The summed E-state index contributed by atoms with van der Waals surface area (Å²) in [7, 11) is 0. The number of benzene rings is 2. The highest BCUT2D eigenvalue weighted by Gasteiger charge is 2.08. The summed E-state index contributed by atoms with van der Waals surface area (Å²) in [4.78, 5) is 0. The fourth-order valence-electron chi connectivity index (χ4n) is 2.23. The van der Waals surface area contributed by atoms with E-state index in [1.54, 1.807) is 0 Å². The second-order valence-electron chi connectivity index (χ2n) is 4.35. The number of allylic oxidation sites excluding steroid dienone is 2. The Morgan fingerprint density at radius 2 is 1.53 bits per heavy atom. The lowest BCUT2D eigenvalue weighted by molar-refractivity contribution is 0.715. The molecule has 0 saturated heterocycles. The predicted octanol–water partition coefficient (Wildman–Crippen LogP) is 5.08. The molecule has 2 aromatic rings. The maximum atomic E-state index is 3.84. The number of rotatable bonds is 5. The Kier molecular flexibility index (Phi) is 3.77. The number of hydrogen-bond acceptors (Lipinski definition) is 0. The highest BCUT2D eigenvalue weighted by Crippen LogP contribution is 2.27. The van der Waals surface area contributed by atoms with Crippen LogP contribution in [-0.2, 0) is 0 Å². The molecule has 0 fully saturated rings. The number of fused-ring (bicyclic) bond motifs is 1. The van der Waals surface area contributed by atoms with E-state index in [-0.39, 0.29) is 0 Å². The first-order valence-electron chi connectivity index (χ1n) is 6.05. The van der Waals surface area contributed by atoms with Crippen LogP contribution in [0.25, 0.3) is 10.8 Å². The minimum atomic E-state index is 0.509. The van der Waals surface area contributed by atoms with Crippen LogP contribution >= 0.6 is 0 Å². The monoisotopic (exact) mass is 222 g/mol. The van der Waals surface area contributed by atoms with Gasteiger partial charge in [-0.05, 0) is 35.1 Å². The molecule has 0 aromatic heterocycles. The molecule has 2 aromatic carbocycles. The Hall–Kier alpha value is -1.82. The second kappa shape index (κ2) is 5.49. The molecule has 0 N–H and O–H groups in total. The van der Waals surface area contributed by atoms with Crippen LogP contribution in [0.2, 0.25) is 0 Å². The van der Waals surface area contributed by atoms with Gasteiger partial charge in [-0.3, -0.25) is 0 Å². The van der Waals surface area contributed by atoms with E-state index in [0.717, 1.165) is 12.8 Å². The van der Waals surface area contributed by atoms with E-state index >= 15 is 0 Å². The summed E-state index contributed by atoms with van der Waals surface area (Å²) in [5.74, 6) is 0.509. The lowest BCUT2D eigenvalue weighted by Crippen LogP contribution is -1.96. The molecule has 0 spiro atoms. The van der Waals surface area contributed by atoms with Gasteiger partial charge in [0.25, 0.3) is 0 Å². The molecular weight excluding hydrogens is 204 g/mol. The van der Waals surface area contributed by atoms with Crippen molar-refractivity contribution in [3.8, 4) is 0 Å². The van der Waals surface area contributed by atoms with Crippen molar-refractivity contribution in [2.24, 2.45) is 0 Å². The molecule has 0 amide bonds. The first-order chi connectivity index (χ1) is 8.35. The van der Waals surface area contributed by atoms with Gasteiger partial charge in [0.15, 0.2) is 0 Å². The molecule has 0 radical (unpaired) electrons. The van der Waals surface area contributed by atoms with Crippen molar-refractivity contribution in [2.45, 2.75) is 18.8 Å². The van der Waals surface area contributed by atoms with E-state index in [9.17, 15) is 0 Å². The van der Waals surface area contributed by atoms with Gasteiger partial charge >= 0.3 is 0 Å². The SMILES string of the molecule is C=CCC(CC=C)c1ccc2ccccc2c1. The van der Waals surface area contributed by atoms with Crippen molar-refractivity contribution < 1.29 is 0 Å². The summed E-state index contributed by atoms with van der Waals surface area (Å²) in [5, 5.41) is 2.61. The predicted molar refractivity (Wildman–Crippen MR) is 76.3 cm³/mol. The van der Waals surface area contributed by atoms with E-state index < -0.39 is 0 Å². The van der Waals surface area contributed by atoms with Gasteiger partial charge < -0.3 is 0 Å². The highest BCUT2D eigenvalue weighted by molar-refractivity contribution is 5.83. The van der Waals surface area contributed by atoms with Crippen LogP contribution in [0.5, 0.6) is 0 Å². The first kappa shape index (κ1) is 11.7. The maximum absolute atomic E-state index is 3.84. The molecule has 0 atom stereocenters. The molecular formula is C17H18. The van der Waals surface area contributed by atoms with Crippen LogP contribution in [0.1, 0.15) is 24.3 Å². The Labute approximate surface area is 103 Å². The smallest absolute Gasteiger partial charge is 0.00928 e. The van der Waals surface area contributed by atoms with Crippen molar-refractivity contribution in [2.75, 3.05) is 0 Å². The minimum absolute atomic E-state index is 0.509. The molecule has 0 nitrogen and oxygen atoms in total. The molecule has 0 bridgehead atoms. The normalized spacial score (nSPS) is 10.6. The summed E-state index contributed by atoms with van der Waals surface area (Å²) in [6.07, 6.45) is 5.99. The van der Waals surface area contributed by atoms with Crippen LogP contribution in [0.3, 0.4) is 0 Å². The zero-order valence-electron chi connectivity index (χ0n) is 10.1. The van der Waals surface area contributed by atoms with Crippen LogP contribution in [0.15, 0.2) is 67.8 Å². The van der Waals surface area contributed by atoms with E-state index in [4.69, 9.17) is 0 Å². The third-order valence-electron chi connectivity index (χ3n) is 3.15. The zero-order chi connectivity index (χ0) is 12.1. The summed E-state index contributed by atoms with van der Waals surface area (Å²) >= 11 is 0. The molecule has 0 heterocycles. The molecule has 0 aliphatic heterocycles. The van der Waals surface area contributed by atoms with Gasteiger partial charge in [-0.25, -0.2) is 0 Å². The van der Waals surface area contributed by atoms with E-state index in [1.165, 1.54) is 16.3 Å². The molecule has 17 heavy (non-hydrogen) atoms. The van der Waals surface area contributed by atoms with Gasteiger partial charge in [0, 0.05) is 0 Å². The van der Waals surface area contributed by atoms with Gasteiger partial charge in [0.05, 0.1) is 0 Å². The Morgan fingerprint density at radius 1 is 0.882 bits per heavy atom. The quantitative estimate of drug-likeness (QED) is 0.619. The lowest BCUT2D eigenvalue weighted by atomic mass is 9.91. The second-order valence-corrected chi connectivity index (χ2v) is 4.35. The Morgan fingerprint density at radius 3 is 2.18 bits per heavy atom. The topological polar surface area (TPSA) is 0 Å². The molecule has 0 saturated carbocycles. The van der Waals surface area contributed by atoms with E-state index in [2.05, 4.69) is 55.6 Å². The summed E-state index contributed by atoms with van der Waals surface area (Å²) < 4.78 is 0. The maximum Gasteiger partial charge on any atom is -0.00928 e. The first-order valence-corrected chi connectivity index (χ1v) is 6.05. The van der Waals surface area contributed by atoms with Crippen molar-refractivity contribution in [3.63, 3.8) is 0 Å². The van der Waals surface area contributed by atoms with Crippen molar-refractivity contribution in [1.29, 1.82) is 0 Å². The molecule has 0 aliphatic rings. The molecule has 0 aliphatic carbocycles. The van der Waals surface area contributed by atoms with Gasteiger partial charge in [-0.15, -0.1) is 13.2 Å². The average Bonchev–Trinajstić information content (AvgIpc) is 2.38. The van der Waals surface area contributed by atoms with Gasteiger partial charge in [0.1, 0.15) is 0 Å². The Balaban J connectivity index is 2.39. The zero-order valence-corrected chi connectivity index (χ0v) is 10.1. The fraction of sp³-hybridized carbons (Fsp3) is 0.176. The highest BCUT2D eigenvalue weighted by atomic mass is 14.1. The summed E-state index contributed by atoms with van der Waals surface area (Å²) in [6.45, 7) is 7.67. The largest absolute Gasteiger partial charge is 0.103 e. The standard InChI is InChI=1S/C17H18/c1-3-7-14(8-4-2)17-12-11-15-9-5-6-10-16(15)13-17/h3-6,9-14H,1-2,7-8H2. The summed E-state index contributed by atoms with van der Waals surface area (Å²) in [5.41, 5.74) is 1.38. The van der Waals surface area contributed by atoms with Crippen molar-refractivity contribution in [1.82, 2.24) is 0 Å². The van der Waals surface area contributed by atoms with Crippen molar-refractivity contribution >= 4 is 10.8 Å². The molecule has 0 heteroatoms. The van der Waals surface area contributed by atoms with E-state index in [1.807, 2.05) is 12.2 Å². The van der Waals surface area contributed by atoms with Gasteiger partial charge in [-0.2, -0.15) is 0 Å². The number of hydrogen-bond donors (Lipinski definition) is 0. The van der Waals surface area contributed by atoms with E-state index in [0.29, 0.717) is 5.92 Å². The van der Waals surface area contributed by atoms with Crippen LogP contribution < -0.4 is 0 Å². The third kappa shape index (κ3) is 2.65. The molecule has 0 unspecified atom stereocenters. The van der Waals surface area contributed by atoms with Crippen molar-refractivity contribution in [3.05, 3.63) is 73.3 Å².